The number of para-hydroxylation sites is 1. The summed E-state index contributed by atoms with van der Waals surface area (Å²) in [6.45, 7) is 6.97. The van der Waals surface area contributed by atoms with E-state index in [-0.39, 0.29) is 29.5 Å². The van der Waals surface area contributed by atoms with Crippen molar-refractivity contribution in [3.8, 4) is 22.7 Å². The van der Waals surface area contributed by atoms with Gasteiger partial charge in [-0.05, 0) is 42.7 Å². The van der Waals surface area contributed by atoms with Gasteiger partial charge in [-0.1, -0.05) is 26.0 Å². The van der Waals surface area contributed by atoms with Crippen LogP contribution >= 0.6 is 0 Å². The van der Waals surface area contributed by atoms with Crippen LogP contribution in [0, 0.1) is 30.3 Å². The van der Waals surface area contributed by atoms with Gasteiger partial charge in [0.1, 0.15) is 23.1 Å². The Balaban J connectivity index is 1.72. The molecule has 4 aromatic rings. The molecule has 0 bridgehead atoms. The number of aromatic nitrogens is 3. The molecule has 0 spiro atoms. The van der Waals surface area contributed by atoms with E-state index in [2.05, 4.69) is 10.3 Å². The molecule has 2 amide bonds. The Hall–Kier alpha value is -4.54. The fourth-order valence-electron chi connectivity index (χ4n) is 4.84. The number of pyridine rings is 1. The van der Waals surface area contributed by atoms with E-state index >= 15 is 8.78 Å². The number of amides is 2. The molecule has 3 N–H and O–H groups in total. The molecular weight excluding hydrogens is 521 g/mol. The minimum Gasteiger partial charge on any atom is -0.491 e. The number of nitrogens with two attached hydrogens (primary N) is 1. The fourth-order valence-corrected chi connectivity index (χ4v) is 4.84. The monoisotopic (exact) mass is 550 g/mol. The second-order valence-corrected chi connectivity index (χ2v) is 10.1. The Morgan fingerprint density at radius 3 is 2.65 bits per heavy atom. The number of hydrogen-bond donors (Lipinski definition) is 2. The zero-order chi connectivity index (χ0) is 28.6. The first-order valence-electron chi connectivity index (χ1n) is 12.9. The van der Waals surface area contributed by atoms with Gasteiger partial charge in [0.2, 0.25) is 0 Å². The van der Waals surface area contributed by atoms with Crippen LogP contribution in [0.25, 0.3) is 16.9 Å². The van der Waals surface area contributed by atoms with Gasteiger partial charge in [-0.15, -0.1) is 0 Å². The van der Waals surface area contributed by atoms with Crippen LogP contribution in [0.1, 0.15) is 30.7 Å². The summed E-state index contributed by atoms with van der Waals surface area (Å²) in [7, 11) is 0. The summed E-state index contributed by atoms with van der Waals surface area (Å²) >= 11 is 0. The normalized spacial score (nSPS) is 12.9. The third-order valence-corrected chi connectivity index (χ3v) is 6.63. The molecule has 3 heterocycles. The Bertz CT molecular complexity index is 1590. The molecule has 8 nitrogen and oxygen atoms in total. The van der Waals surface area contributed by atoms with Gasteiger partial charge in [0.15, 0.2) is 11.6 Å². The van der Waals surface area contributed by atoms with Crippen molar-refractivity contribution in [2.45, 2.75) is 33.7 Å². The van der Waals surface area contributed by atoms with Crippen LogP contribution in [0.2, 0.25) is 0 Å². The maximum atomic E-state index is 15.7. The van der Waals surface area contributed by atoms with Gasteiger partial charge >= 0.3 is 6.03 Å². The Labute approximate surface area is 229 Å². The molecule has 11 heteroatoms. The van der Waals surface area contributed by atoms with E-state index in [0.29, 0.717) is 48.0 Å². The molecule has 208 valence electrons. The van der Waals surface area contributed by atoms with E-state index in [1.54, 1.807) is 9.58 Å². The minimum atomic E-state index is -1.02. The lowest BCUT2D eigenvalue weighted by atomic mass is 9.99. The summed E-state index contributed by atoms with van der Waals surface area (Å²) in [4.78, 5) is 17.3. The van der Waals surface area contributed by atoms with Crippen molar-refractivity contribution in [2.24, 2.45) is 11.7 Å². The summed E-state index contributed by atoms with van der Waals surface area (Å²) in [5.41, 5.74) is 7.61. The maximum Gasteiger partial charge on any atom is 0.316 e. The maximum absolute atomic E-state index is 15.7. The number of ether oxygens (including phenoxy) is 1. The van der Waals surface area contributed by atoms with Crippen LogP contribution in [0.3, 0.4) is 0 Å². The van der Waals surface area contributed by atoms with Crippen LogP contribution in [-0.4, -0.2) is 33.9 Å². The number of nitrogens with zero attached hydrogens (tertiary/aromatic N) is 4. The van der Waals surface area contributed by atoms with Crippen LogP contribution in [0.15, 0.2) is 48.7 Å². The lowest BCUT2D eigenvalue weighted by Crippen LogP contribution is -2.31. The first-order chi connectivity index (χ1) is 19.1. The van der Waals surface area contributed by atoms with Crippen LogP contribution < -0.4 is 20.7 Å². The molecule has 2 aromatic carbocycles. The number of aryl methyl sites for hydroxylation is 1. The molecule has 0 aliphatic carbocycles. The predicted octanol–water partition coefficient (Wildman–Crippen LogP) is 5.75. The molecule has 0 saturated heterocycles. The smallest absolute Gasteiger partial charge is 0.316 e. The van der Waals surface area contributed by atoms with Crippen LogP contribution in [0.5, 0.6) is 5.75 Å². The van der Waals surface area contributed by atoms with Crippen molar-refractivity contribution < 1.29 is 22.7 Å². The van der Waals surface area contributed by atoms with Gasteiger partial charge in [0.25, 0.3) is 0 Å². The standard InChI is InChI=1S/C29H29F3N6O2/c1-16(2)15-40-25-8-4-6-17(3)26(25)38-27(18-12-22(32)24(13-21(18)31)35-29(33)39)19-14-37(11-9-23(19)36-38)28-20(30)7-5-10-34-28/h4-8,10,12-13,16H,9,11,14-15H2,1-3H3,(H3,33,35,39). The highest BCUT2D eigenvalue weighted by molar-refractivity contribution is 5.88. The third kappa shape index (κ3) is 5.18. The zero-order valence-electron chi connectivity index (χ0n) is 22.3. The number of hydrogen-bond acceptors (Lipinski definition) is 5. The molecule has 40 heavy (non-hydrogen) atoms. The van der Waals surface area contributed by atoms with Gasteiger partial charge in [0, 0.05) is 42.9 Å². The lowest BCUT2D eigenvalue weighted by Gasteiger charge is -2.28. The molecule has 0 atom stereocenters. The number of benzene rings is 2. The highest BCUT2D eigenvalue weighted by Crippen LogP contribution is 2.39. The molecule has 0 saturated carbocycles. The first-order valence-corrected chi connectivity index (χ1v) is 12.9. The topological polar surface area (TPSA) is 98.3 Å². The lowest BCUT2D eigenvalue weighted by molar-refractivity contribution is 0.259. The van der Waals surface area contributed by atoms with Crippen LogP contribution in [-0.2, 0) is 13.0 Å². The molecular formula is C29H29F3N6O2. The zero-order valence-corrected chi connectivity index (χ0v) is 22.3. The molecule has 1 aliphatic heterocycles. The summed E-state index contributed by atoms with van der Waals surface area (Å²) in [5, 5.41) is 6.95. The highest BCUT2D eigenvalue weighted by Gasteiger charge is 2.31. The number of carbonyl (C=O) groups excluding carboxylic acids is 1. The number of rotatable bonds is 7. The molecule has 2 aromatic heterocycles. The van der Waals surface area contributed by atoms with E-state index in [4.69, 9.17) is 15.6 Å². The second kappa shape index (κ2) is 10.9. The van der Waals surface area contributed by atoms with E-state index in [9.17, 15) is 9.18 Å². The number of fused-ring (bicyclic) bond motifs is 1. The fraction of sp³-hybridized carbons (Fsp3) is 0.276. The minimum absolute atomic E-state index is 0.0809. The van der Waals surface area contributed by atoms with Gasteiger partial charge in [-0.25, -0.2) is 27.6 Å². The average molecular weight is 551 g/mol. The Morgan fingerprint density at radius 1 is 1.12 bits per heavy atom. The van der Waals surface area contributed by atoms with Crippen molar-refractivity contribution >= 4 is 17.5 Å². The van der Waals surface area contributed by atoms with Gasteiger partial charge in [-0.3, -0.25) is 0 Å². The summed E-state index contributed by atoms with van der Waals surface area (Å²) in [5.74, 6) is -1.21. The van der Waals surface area contributed by atoms with Crippen molar-refractivity contribution in [3.05, 3.63) is 82.9 Å². The van der Waals surface area contributed by atoms with Crippen molar-refractivity contribution in [1.82, 2.24) is 14.8 Å². The summed E-state index contributed by atoms with van der Waals surface area (Å²) < 4.78 is 53.2. The molecule has 1 aliphatic rings. The van der Waals surface area contributed by atoms with E-state index in [1.807, 2.05) is 39.0 Å². The molecule has 0 radical (unpaired) electrons. The van der Waals surface area contributed by atoms with Crippen molar-refractivity contribution in [1.29, 1.82) is 0 Å². The van der Waals surface area contributed by atoms with Crippen molar-refractivity contribution in [2.75, 3.05) is 23.4 Å². The molecule has 5 rings (SSSR count). The predicted molar refractivity (Wildman–Crippen MR) is 146 cm³/mol. The quantitative estimate of drug-likeness (QED) is 0.306. The first kappa shape index (κ1) is 27.0. The van der Waals surface area contributed by atoms with Crippen LogP contribution in [0.4, 0.5) is 29.5 Å². The van der Waals surface area contributed by atoms with Crippen molar-refractivity contribution in [3.63, 3.8) is 0 Å². The number of nitrogens with one attached hydrogen (secondary N) is 1. The summed E-state index contributed by atoms with van der Waals surface area (Å²) in [6.07, 6.45) is 1.92. The Kier molecular flexibility index (Phi) is 7.38. The number of urea groups is 1. The third-order valence-electron chi connectivity index (χ3n) is 6.63. The highest BCUT2D eigenvalue weighted by atomic mass is 19.1. The second-order valence-electron chi connectivity index (χ2n) is 10.1. The molecule has 0 fully saturated rings. The summed E-state index contributed by atoms with van der Waals surface area (Å²) in [6, 6.07) is 9.24. The van der Waals surface area contributed by atoms with E-state index < -0.39 is 23.5 Å². The van der Waals surface area contributed by atoms with Gasteiger partial charge in [-0.2, -0.15) is 5.10 Å². The Morgan fingerprint density at radius 2 is 1.93 bits per heavy atom. The number of halogens is 3. The average Bonchev–Trinajstić information content (AvgIpc) is 3.27. The van der Waals surface area contributed by atoms with Gasteiger partial charge < -0.3 is 20.7 Å². The SMILES string of the molecule is Cc1cccc(OCC(C)C)c1-n1nc2c(c1-c1cc(F)c(NC(N)=O)cc1F)CN(c1ncccc1F)CC2. The largest absolute Gasteiger partial charge is 0.491 e. The number of carbonyl (C=O) groups is 1. The van der Waals surface area contributed by atoms with E-state index in [0.717, 1.165) is 17.7 Å². The number of anilines is 2. The number of primary amides is 1. The molecule has 0 unspecified atom stereocenters. The van der Waals surface area contributed by atoms with E-state index in [1.165, 1.54) is 18.3 Å². The van der Waals surface area contributed by atoms with Gasteiger partial charge in [0.05, 0.1) is 23.7 Å².